The summed E-state index contributed by atoms with van der Waals surface area (Å²) in [7, 11) is 3.58. The first kappa shape index (κ1) is 5.06. The Morgan fingerprint density at radius 3 is 2.86 bits per heavy atom. The number of hydrogen-bond acceptors (Lipinski definition) is 2. The Bertz CT molecular complexity index is 48.0. The van der Waals surface area contributed by atoms with Crippen LogP contribution in [-0.2, 0) is 0 Å². The van der Waals surface area contributed by atoms with Gasteiger partial charge in [0.05, 0.1) is 0 Å². The molecular weight excluding hydrogens is 88.1 g/mol. The Kier molecular flexibility index (Phi) is 1.65. The fourth-order valence-electron chi connectivity index (χ4n) is 0.829. The van der Waals surface area contributed by atoms with Crippen LogP contribution in [0.2, 0.25) is 0 Å². The van der Waals surface area contributed by atoms with Crippen LogP contribution in [0.1, 0.15) is 6.42 Å². The maximum atomic E-state index is 3.58. The maximum Gasteiger partial charge on any atom is 0.117 e. The van der Waals surface area contributed by atoms with E-state index >= 15 is 0 Å². The van der Waals surface area contributed by atoms with Gasteiger partial charge in [0.15, 0.2) is 0 Å². The molecule has 0 amide bonds. The van der Waals surface area contributed by atoms with Crippen LogP contribution in [0.5, 0.6) is 0 Å². The van der Waals surface area contributed by atoms with Crippen LogP contribution in [0.25, 0.3) is 0 Å². The van der Waals surface area contributed by atoms with Crippen LogP contribution in [0, 0.1) is 7.05 Å². The van der Waals surface area contributed by atoms with Crippen molar-refractivity contribution >= 4 is 0 Å². The lowest BCUT2D eigenvalue weighted by Crippen LogP contribution is -2.84. The van der Waals surface area contributed by atoms with Gasteiger partial charge in [0.2, 0.25) is 0 Å². The van der Waals surface area contributed by atoms with Gasteiger partial charge in [0.25, 0.3) is 0 Å². The zero-order valence-corrected chi connectivity index (χ0v) is 4.41. The molecule has 1 heterocycles. The molecule has 0 aromatic rings. The molecule has 2 heteroatoms. The maximum absolute atomic E-state index is 3.58. The van der Waals surface area contributed by atoms with E-state index < -0.39 is 0 Å². The van der Waals surface area contributed by atoms with Crippen molar-refractivity contribution in [1.29, 1.82) is 0 Å². The molecule has 0 unspecified atom stereocenters. The average molecular weight is 99.2 g/mol. The summed E-state index contributed by atoms with van der Waals surface area (Å²) in [4.78, 5) is 0. The van der Waals surface area contributed by atoms with Crippen LogP contribution in [0.3, 0.4) is 0 Å². The van der Waals surface area contributed by atoms with Gasteiger partial charge in [-0.3, -0.25) is 0 Å². The molecule has 0 aliphatic carbocycles. The lowest BCUT2D eigenvalue weighted by atomic mass is 10.3. The van der Waals surface area contributed by atoms with E-state index in [-0.39, 0.29) is 0 Å². The highest BCUT2D eigenvalue weighted by atomic mass is 15.0. The van der Waals surface area contributed by atoms with Crippen molar-refractivity contribution < 1.29 is 5.32 Å². The molecule has 1 atom stereocenters. The van der Waals surface area contributed by atoms with Gasteiger partial charge in [0.1, 0.15) is 6.04 Å². The van der Waals surface area contributed by atoms with Crippen molar-refractivity contribution in [3.8, 4) is 0 Å². The molecule has 0 bridgehead atoms. The highest BCUT2D eigenvalue weighted by Gasteiger charge is 2.13. The molecule has 1 rings (SSSR count). The van der Waals surface area contributed by atoms with Crippen molar-refractivity contribution in [3.05, 3.63) is 7.05 Å². The Morgan fingerprint density at radius 1 is 1.71 bits per heavy atom. The number of nitrogens with one attached hydrogen (secondary N) is 2. The summed E-state index contributed by atoms with van der Waals surface area (Å²) < 4.78 is 0. The van der Waals surface area contributed by atoms with Crippen LogP contribution in [0.4, 0.5) is 0 Å². The molecule has 7 heavy (non-hydrogen) atoms. The van der Waals surface area contributed by atoms with E-state index in [2.05, 4.69) is 17.7 Å². The Hall–Kier alpha value is -0.0800. The van der Waals surface area contributed by atoms with Crippen molar-refractivity contribution in [2.24, 2.45) is 0 Å². The molecule has 1 saturated heterocycles. The second-order valence-electron chi connectivity index (χ2n) is 1.89. The molecule has 0 spiro atoms. The molecule has 0 aromatic heterocycles. The standard InChI is InChI=1S/C5H11N2/c1-6-5-2-3-7-4-5/h5-7H,1-4H2/t5-/m0/s1. The Labute approximate surface area is 44.3 Å². The van der Waals surface area contributed by atoms with Crippen LogP contribution in [0.15, 0.2) is 0 Å². The van der Waals surface area contributed by atoms with Crippen LogP contribution in [-0.4, -0.2) is 19.1 Å². The van der Waals surface area contributed by atoms with E-state index in [1.54, 1.807) is 0 Å². The Balaban J connectivity index is 2.14. The third-order valence-corrected chi connectivity index (χ3v) is 1.35. The minimum absolute atomic E-state index is 0.625. The summed E-state index contributed by atoms with van der Waals surface area (Å²) in [6.45, 7) is 2.23. The van der Waals surface area contributed by atoms with E-state index in [0.717, 1.165) is 13.1 Å². The summed E-state index contributed by atoms with van der Waals surface area (Å²) >= 11 is 0. The smallest absolute Gasteiger partial charge is 0.117 e. The molecular formula is C5H11N2. The zero-order chi connectivity index (χ0) is 5.11. The topological polar surface area (TPSA) is 27.6 Å². The molecule has 1 aliphatic heterocycles. The van der Waals surface area contributed by atoms with E-state index in [4.69, 9.17) is 0 Å². The van der Waals surface area contributed by atoms with Gasteiger partial charge < -0.3 is 10.6 Å². The lowest BCUT2D eigenvalue weighted by Gasteiger charge is -1.98. The minimum Gasteiger partial charge on any atom is -0.331 e. The first-order chi connectivity index (χ1) is 3.43. The van der Waals surface area contributed by atoms with Crippen molar-refractivity contribution in [1.82, 2.24) is 5.32 Å². The van der Waals surface area contributed by atoms with E-state index in [9.17, 15) is 0 Å². The lowest BCUT2D eigenvalue weighted by molar-refractivity contribution is -0.629. The van der Waals surface area contributed by atoms with Crippen LogP contribution >= 0.6 is 0 Å². The molecule has 1 fully saturated rings. The molecule has 2 nitrogen and oxygen atoms in total. The van der Waals surface area contributed by atoms with Crippen molar-refractivity contribution in [2.45, 2.75) is 12.5 Å². The molecule has 41 valence electrons. The summed E-state index contributed by atoms with van der Waals surface area (Å²) in [5.74, 6) is 0. The predicted molar refractivity (Wildman–Crippen MR) is 27.6 cm³/mol. The molecule has 0 aromatic carbocycles. The molecule has 1 radical (unpaired) electrons. The number of hydrogen-bond donors (Lipinski definition) is 2. The van der Waals surface area contributed by atoms with E-state index in [1.807, 2.05) is 0 Å². The molecule has 0 saturated carbocycles. The second-order valence-corrected chi connectivity index (χ2v) is 1.89. The van der Waals surface area contributed by atoms with Gasteiger partial charge in [-0.25, -0.2) is 0 Å². The summed E-state index contributed by atoms with van der Waals surface area (Å²) in [5, 5.41) is 6.17. The van der Waals surface area contributed by atoms with E-state index in [0.29, 0.717) is 6.04 Å². The molecule has 1 aliphatic rings. The van der Waals surface area contributed by atoms with Gasteiger partial charge >= 0.3 is 0 Å². The average Bonchev–Trinajstić information content (AvgIpc) is 2.14. The van der Waals surface area contributed by atoms with Gasteiger partial charge in [-0.15, -0.1) is 7.05 Å². The van der Waals surface area contributed by atoms with Gasteiger partial charge in [-0.1, -0.05) is 0 Å². The molecule has 2 N–H and O–H groups in total. The monoisotopic (exact) mass is 99.1 g/mol. The van der Waals surface area contributed by atoms with Crippen molar-refractivity contribution in [2.75, 3.05) is 13.1 Å². The number of rotatable bonds is 1. The largest absolute Gasteiger partial charge is 0.331 e. The summed E-state index contributed by atoms with van der Waals surface area (Å²) in [5.41, 5.74) is 0. The normalized spacial score (nSPS) is 31.3. The highest BCUT2D eigenvalue weighted by Crippen LogP contribution is 1.89. The van der Waals surface area contributed by atoms with Crippen LogP contribution < -0.4 is 10.6 Å². The third kappa shape index (κ3) is 1.14. The summed E-state index contributed by atoms with van der Waals surface area (Å²) in [6.07, 6.45) is 1.23. The minimum atomic E-state index is 0.625. The van der Waals surface area contributed by atoms with Gasteiger partial charge in [-0.2, -0.15) is 0 Å². The highest BCUT2D eigenvalue weighted by molar-refractivity contribution is 4.67. The second kappa shape index (κ2) is 2.28. The summed E-state index contributed by atoms with van der Waals surface area (Å²) in [6, 6.07) is 0.625. The van der Waals surface area contributed by atoms with E-state index in [1.165, 1.54) is 6.42 Å². The fraction of sp³-hybridized carbons (Fsp3) is 0.800. The quantitative estimate of drug-likeness (QED) is 0.384. The van der Waals surface area contributed by atoms with Gasteiger partial charge in [-0.05, 0) is 0 Å². The first-order valence-electron chi connectivity index (χ1n) is 2.67. The zero-order valence-electron chi connectivity index (χ0n) is 4.41. The Morgan fingerprint density at radius 2 is 2.57 bits per heavy atom. The fourth-order valence-corrected chi connectivity index (χ4v) is 0.829. The third-order valence-electron chi connectivity index (χ3n) is 1.35. The first-order valence-corrected chi connectivity index (χ1v) is 2.67. The van der Waals surface area contributed by atoms with Crippen molar-refractivity contribution in [3.63, 3.8) is 0 Å². The van der Waals surface area contributed by atoms with Gasteiger partial charge in [0, 0.05) is 19.5 Å². The predicted octanol–water partition coefficient (Wildman–Crippen LogP) is -1.51. The SMILES string of the molecule is [CH2-][NH+][C@H]1CCNC1.